The Bertz CT molecular complexity index is 839. The number of halogens is 2. The van der Waals surface area contributed by atoms with Gasteiger partial charge in [0.1, 0.15) is 5.82 Å². The van der Waals surface area contributed by atoms with Crippen LogP contribution in [0.3, 0.4) is 0 Å². The molecule has 1 fully saturated rings. The molecular weight excluding hydrogens is 365 g/mol. The summed E-state index contributed by atoms with van der Waals surface area (Å²) < 4.78 is 13.1. The van der Waals surface area contributed by atoms with Crippen LogP contribution < -0.4 is 11.1 Å². The van der Waals surface area contributed by atoms with Crippen LogP contribution in [0.25, 0.3) is 0 Å². The Morgan fingerprint density at radius 1 is 1.40 bits per heavy atom. The average Bonchev–Trinajstić information content (AvgIpc) is 3.12. The molecule has 1 saturated heterocycles. The molecule has 3 N–H and O–H groups in total. The van der Waals surface area contributed by atoms with Crippen LogP contribution in [0.15, 0.2) is 24.3 Å². The number of aryl methyl sites for hydroxylation is 1. The fourth-order valence-corrected chi connectivity index (χ4v) is 4.01. The molecule has 25 heavy (non-hydrogen) atoms. The van der Waals surface area contributed by atoms with Gasteiger partial charge in [-0.1, -0.05) is 11.6 Å². The van der Waals surface area contributed by atoms with Gasteiger partial charge >= 0.3 is 0 Å². The molecule has 1 aliphatic rings. The first-order valence-corrected chi connectivity index (χ1v) is 8.96. The van der Waals surface area contributed by atoms with Crippen LogP contribution >= 0.6 is 22.9 Å². The summed E-state index contributed by atoms with van der Waals surface area (Å²) in [7, 11) is 0. The van der Waals surface area contributed by atoms with Gasteiger partial charge in [0.05, 0.1) is 20.5 Å². The van der Waals surface area contributed by atoms with Gasteiger partial charge in [-0.2, -0.15) is 0 Å². The Balaban J connectivity index is 1.76. The average molecular weight is 382 g/mol. The van der Waals surface area contributed by atoms with E-state index in [-0.39, 0.29) is 22.5 Å². The number of carbonyl (C=O) groups is 2. The van der Waals surface area contributed by atoms with Crippen molar-refractivity contribution in [3.05, 3.63) is 51.1 Å². The summed E-state index contributed by atoms with van der Waals surface area (Å²) >= 11 is 7.11. The highest BCUT2D eigenvalue weighted by Gasteiger charge is 2.27. The quantitative estimate of drug-likeness (QED) is 0.856. The van der Waals surface area contributed by atoms with E-state index < -0.39 is 11.7 Å². The maximum absolute atomic E-state index is 13.1. The predicted molar refractivity (Wildman–Crippen MR) is 96.9 cm³/mol. The van der Waals surface area contributed by atoms with Crippen molar-refractivity contribution < 1.29 is 14.0 Å². The van der Waals surface area contributed by atoms with Gasteiger partial charge in [-0.15, -0.1) is 11.3 Å². The van der Waals surface area contributed by atoms with E-state index in [1.54, 1.807) is 11.0 Å². The molecule has 2 heterocycles. The maximum atomic E-state index is 13.1. The first-order chi connectivity index (χ1) is 11.8. The molecule has 1 atom stereocenters. The molecule has 2 amide bonds. The van der Waals surface area contributed by atoms with Crippen LogP contribution in [0.5, 0.6) is 0 Å². The lowest BCUT2D eigenvalue weighted by Crippen LogP contribution is -2.31. The van der Waals surface area contributed by atoms with Crippen molar-refractivity contribution in [3.8, 4) is 0 Å². The lowest BCUT2D eigenvalue weighted by Gasteiger charge is -2.14. The van der Waals surface area contributed by atoms with Gasteiger partial charge in [0.2, 0.25) is 0 Å². The lowest BCUT2D eigenvalue weighted by atomic mass is 10.2. The normalized spacial score (nSPS) is 17.0. The van der Waals surface area contributed by atoms with Gasteiger partial charge < -0.3 is 16.0 Å². The third kappa shape index (κ3) is 3.84. The Morgan fingerprint density at radius 2 is 2.16 bits per heavy atom. The molecule has 1 aromatic heterocycles. The molecule has 1 aliphatic heterocycles. The first kappa shape index (κ1) is 17.8. The predicted octanol–water partition coefficient (Wildman–Crippen LogP) is 3.27. The maximum Gasteiger partial charge on any atom is 0.264 e. The summed E-state index contributed by atoms with van der Waals surface area (Å²) in [5.74, 6) is -1.03. The smallest absolute Gasteiger partial charge is 0.264 e. The Kier molecular flexibility index (Phi) is 5.08. The Labute approximate surface area is 153 Å². The second kappa shape index (κ2) is 7.11. The molecule has 0 spiro atoms. The molecule has 0 saturated carbocycles. The first-order valence-electron chi connectivity index (χ1n) is 7.77. The van der Waals surface area contributed by atoms with Gasteiger partial charge in [0.15, 0.2) is 0 Å². The SMILES string of the molecule is Cc1cc(NC(=O)c2ccc(F)cc2Cl)sc1C(=O)N1CC[C@@H](N)C1. The summed E-state index contributed by atoms with van der Waals surface area (Å²) in [5.41, 5.74) is 6.81. The fraction of sp³-hybridized carbons (Fsp3) is 0.294. The van der Waals surface area contributed by atoms with Crippen LogP contribution in [0.2, 0.25) is 5.02 Å². The van der Waals surface area contributed by atoms with Crippen molar-refractivity contribution in [2.24, 2.45) is 5.73 Å². The molecule has 0 radical (unpaired) electrons. The van der Waals surface area contributed by atoms with E-state index >= 15 is 0 Å². The van der Waals surface area contributed by atoms with Gasteiger partial charge in [0, 0.05) is 19.1 Å². The number of likely N-dealkylation sites (tertiary alicyclic amines) is 1. The minimum absolute atomic E-state index is 0.0176. The molecule has 8 heteroatoms. The number of hydrogen-bond acceptors (Lipinski definition) is 4. The van der Waals surface area contributed by atoms with Crippen molar-refractivity contribution in [1.29, 1.82) is 0 Å². The van der Waals surface area contributed by atoms with E-state index in [9.17, 15) is 14.0 Å². The topological polar surface area (TPSA) is 75.4 Å². The van der Waals surface area contributed by atoms with E-state index in [0.717, 1.165) is 18.1 Å². The number of nitrogens with zero attached hydrogens (tertiary/aromatic N) is 1. The zero-order chi connectivity index (χ0) is 18.1. The second-order valence-corrected chi connectivity index (χ2v) is 7.46. The Morgan fingerprint density at radius 3 is 2.80 bits per heavy atom. The molecule has 2 aromatic rings. The number of carbonyl (C=O) groups excluding carboxylic acids is 2. The van der Waals surface area contributed by atoms with E-state index in [1.807, 2.05) is 6.92 Å². The minimum atomic E-state index is -0.509. The van der Waals surface area contributed by atoms with Gasteiger partial charge in [-0.05, 0) is 43.2 Å². The van der Waals surface area contributed by atoms with Crippen LogP contribution in [0, 0.1) is 12.7 Å². The van der Waals surface area contributed by atoms with E-state index in [1.165, 1.54) is 23.5 Å². The van der Waals surface area contributed by atoms with Gasteiger partial charge in [0.25, 0.3) is 11.8 Å². The highest BCUT2D eigenvalue weighted by Crippen LogP contribution is 2.29. The van der Waals surface area contributed by atoms with Crippen molar-refractivity contribution >= 4 is 39.8 Å². The number of thiophene rings is 1. The van der Waals surface area contributed by atoms with Crippen LogP contribution in [-0.2, 0) is 0 Å². The summed E-state index contributed by atoms with van der Waals surface area (Å²) in [6.45, 7) is 3.01. The van der Waals surface area contributed by atoms with Crippen molar-refractivity contribution in [1.82, 2.24) is 4.90 Å². The third-order valence-electron chi connectivity index (χ3n) is 4.04. The van der Waals surface area contributed by atoms with Crippen LogP contribution in [0.4, 0.5) is 9.39 Å². The minimum Gasteiger partial charge on any atom is -0.336 e. The standard InChI is InChI=1S/C17H17ClFN3O2S/c1-9-6-14(21-16(23)12-3-2-10(19)7-13(12)18)25-15(9)17(24)22-5-4-11(20)8-22/h2-3,6-7,11H,4-5,8,20H2,1H3,(H,21,23)/t11-/m1/s1. The van der Waals surface area contributed by atoms with Crippen molar-refractivity contribution in [3.63, 3.8) is 0 Å². The third-order valence-corrected chi connectivity index (χ3v) is 5.49. The van der Waals surface area contributed by atoms with E-state index in [4.69, 9.17) is 17.3 Å². The van der Waals surface area contributed by atoms with Crippen LogP contribution in [-0.4, -0.2) is 35.8 Å². The molecule has 5 nitrogen and oxygen atoms in total. The van der Waals surface area contributed by atoms with Gasteiger partial charge in [-0.3, -0.25) is 9.59 Å². The number of benzene rings is 1. The second-order valence-electron chi connectivity index (χ2n) is 6.00. The van der Waals surface area contributed by atoms with Crippen molar-refractivity contribution in [2.75, 3.05) is 18.4 Å². The fourth-order valence-electron chi connectivity index (χ4n) is 2.72. The number of nitrogens with one attached hydrogen (secondary N) is 1. The van der Waals surface area contributed by atoms with E-state index in [2.05, 4.69) is 5.32 Å². The lowest BCUT2D eigenvalue weighted by molar-refractivity contribution is 0.0794. The van der Waals surface area contributed by atoms with Crippen LogP contribution in [0.1, 0.15) is 32.0 Å². The summed E-state index contributed by atoms with van der Waals surface area (Å²) in [5, 5.41) is 3.28. The molecule has 132 valence electrons. The molecule has 0 unspecified atom stereocenters. The molecule has 0 aliphatic carbocycles. The number of nitrogens with two attached hydrogens (primary N) is 1. The highest BCUT2D eigenvalue weighted by molar-refractivity contribution is 7.18. The molecule has 0 bridgehead atoms. The monoisotopic (exact) mass is 381 g/mol. The largest absolute Gasteiger partial charge is 0.336 e. The summed E-state index contributed by atoms with van der Waals surface area (Å²) in [6.07, 6.45) is 0.794. The highest BCUT2D eigenvalue weighted by atomic mass is 35.5. The summed E-state index contributed by atoms with van der Waals surface area (Å²) in [6, 6.07) is 5.34. The summed E-state index contributed by atoms with van der Waals surface area (Å²) in [4.78, 5) is 27.2. The van der Waals surface area contributed by atoms with Gasteiger partial charge in [-0.25, -0.2) is 4.39 Å². The molecular formula is C17H17ClFN3O2S. The number of rotatable bonds is 3. The number of anilines is 1. The zero-order valence-electron chi connectivity index (χ0n) is 13.5. The number of amides is 2. The molecule has 3 rings (SSSR count). The van der Waals surface area contributed by atoms with E-state index in [0.29, 0.717) is 23.0 Å². The Hall–Kier alpha value is -1.96. The van der Waals surface area contributed by atoms with Crippen molar-refractivity contribution in [2.45, 2.75) is 19.4 Å². The zero-order valence-corrected chi connectivity index (χ0v) is 15.1. The molecule has 1 aromatic carbocycles. The number of hydrogen-bond donors (Lipinski definition) is 2.